The van der Waals surface area contributed by atoms with E-state index in [4.69, 9.17) is 9.47 Å². The van der Waals surface area contributed by atoms with Crippen molar-refractivity contribution in [2.45, 2.75) is 25.3 Å². The van der Waals surface area contributed by atoms with Crippen LogP contribution < -0.4 is 19.5 Å². The molecule has 0 unspecified atom stereocenters. The quantitative estimate of drug-likeness (QED) is 0.536. The molecule has 3 aromatic rings. The molecule has 0 spiro atoms. The third-order valence-electron chi connectivity index (χ3n) is 4.96. The summed E-state index contributed by atoms with van der Waals surface area (Å²) in [4.78, 5) is 12.9. The first kappa shape index (κ1) is 23.1. The lowest BCUT2D eigenvalue weighted by Gasteiger charge is -2.14. The Kier molecular flexibility index (Phi) is 7.05. The second-order valence-corrected chi connectivity index (χ2v) is 8.99. The van der Waals surface area contributed by atoms with Crippen molar-refractivity contribution in [3.8, 4) is 11.5 Å². The molecule has 0 saturated heterocycles. The average molecular weight is 455 g/mol. The van der Waals surface area contributed by atoms with Gasteiger partial charge in [0.05, 0.1) is 19.1 Å². The highest BCUT2D eigenvalue weighted by Crippen LogP contribution is 2.24. The second kappa shape index (κ2) is 9.74. The number of aryl methyl sites for hydroxylation is 2. The predicted octanol–water partition coefficient (Wildman–Crippen LogP) is 4.05. The fraction of sp³-hybridized carbons (Fsp3) is 0.208. The van der Waals surface area contributed by atoms with E-state index in [9.17, 15) is 13.2 Å². The van der Waals surface area contributed by atoms with Gasteiger partial charge < -0.3 is 14.8 Å². The Labute approximate surface area is 188 Å². The molecule has 0 aliphatic heterocycles. The Morgan fingerprint density at radius 2 is 1.72 bits per heavy atom. The van der Waals surface area contributed by atoms with Gasteiger partial charge in [-0.1, -0.05) is 18.2 Å². The summed E-state index contributed by atoms with van der Waals surface area (Å²) in [5.74, 6) is 0.864. The van der Waals surface area contributed by atoms with E-state index >= 15 is 0 Å². The van der Waals surface area contributed by atoms with Crippen molar-refractivity contribution >= 4 is 21.6 Å². The zero-order valence-corrected chi connectivity index (χ0v) is 19.2. The number of carbonyl (C=O) groups is 1. The molecular weight excluding hydrogens is 428 g/mol. The van der Waals surface area contributed by atoms with E-state index in [1.54, 1.807) is 63.6 Å². The van der Waals surface area contributed by atoms with Crippen LogP contribution in [0.15, 0.2) is 65.6 Å². The smallest absolute Gasteiger partial charge is 0.261 e. The summed E-state index contributed by atoms with van der Waals surface area (Å²) in [6, 6.07) is 16.8. The molecule has 0 heterocycles. The van der Waals surface area contributed by atoms with Gasteiger partial charge in [0, 0.05) is 23.4 Å². The third kappa shape index (κ3) is 5.39. The lowest BCUT2D eigenvalue weighted by Crippen LogP contribution is -2.24. The number of hydrogen-bond acceptors (Lipinski definition) is 5. The number of methoxy groups -OCH3 is 2. The second-order valence-electron chi connectivity index (χ2n) is 7.31. The molecule has 32 heavy (non-hydrogen) atoms. The molecule has 1 amide bonds. The Morgan fingerprint density at radius 1 is 0.938 bits per heavy atom. The summed E-state index contributed by atoms with van der Waals surface area (Å²) in [7, 11) is -0.748. The summed E-state index contributed by atoms with van der Waals surface area (Å²) < 4.78 is 38.8. The van der Waals surface area contributed by atoms with E-state index in [1.807, 2.05) is 13.0 Å². The van der Waals surface area contributed by atoms with E-state index in [0.717, 1.165) is 11.1 Å². The maximum absolute atomic E-state index is 12.9. The Hall–Kier alpha value is -3.52. The van der Waals surface area contributed by atoms with E-state index in [0.29, 0.717) is 22.7 Å². The lowest BCUT2D eigenvalue weighted by molar-refractivity contribution is 0.0950. The molecule has 0 radical (unpaired) electrons. The SMILES string of the molecule is COc1ccc(OC)c(CNC(=O)c2cc(S(=O)(=O)Nc3cccc(C)c3)ccc2C)c1. The molecule has 7 nitrogen and oxygen atoms in total. The van der Waals surface area contributed by atoms with Crippen LogP contribution in [0.25, 0.3) is 0 Å². The maximum atomic E-state index is 12.9. The van der Waals surface area contributed by atoms with Crippen molar-refractivity contribution in [3.05, 3.63) is 82.9 Å². The van der Waals surface area contributed by atoms with Crippen molar-refractivity contribution in [2.24, 2.45) is 0 Å². The van der Waals surface area contributed by atoms with Gasteiger partial charge >= 0.3 is 0 Å². The minimum absolute atomic E-state index is 0.00807. The first-order chi connectivity index (χ1) is 15.2. The minimum Gasteiger partial charge on any atom is -0.497 e. The van der Waals surface area contributed by atoms with Gasteiger partial charge in [0.2, 0.25) is 0 Å². The van der Waals surface area contributed by atoms with Crippen molar-refractivity contribution in [2.75, 3.05) is 18.9 Å². The van der Waals surface area contributed by atoms with Crippen LogP contribution in [0.2, 0.25) is 0 Å². The summed E-state index contributed by atoms with van der Waals surface area (Å²) in [6.07, 6.45) is 0. The van der Waals surface area contributed by atoms with Gasteiger partial charge in [-0.2, -0.15) is 0 Å². The molecule has 0 fully saturated rings. The van der Waals surface area contributed by atoms with Crippen molar-refractivity contribution in [3.63, 3.8) is 0 Å². The molecule has 0 saturated carbocycles. The van der Waals surface area contributed by atoms with Gasteiger partial charge in [-0.3, -0.25) is 9.52 Å². The fourth-order valence-corrected chi connectivity index (χ4v) is 4.30. The summed E-state index contributed by atoms with van der Waals surface area (Å²) in [5.41, 5.74) is 3.07. The van der Waals surface area contributed by atoms with Crippen LogP contribution in [0.5, 0.6) is 11.5 Å². The molecular formula is C24H26N2O5S. The molecule has 0 aromatic heterocycles. The zero-order chi connectivity index (χ0) is 23.3. The van der Waals surface area contributed by atoms with Gasteiger partial charge in [0.25, 0.3) is 15.9 Å². The number of amides is 1. The number of anilines is 1. The Morgan fingerprint density at radius 3 is 2.41 bits per heavy atom. The number of ether oxygens (including phenoxy) is 2. The van der Waals surface area contributed by atoms with E-state index in [2.05, 4.69) is 10.0 Å². The Balaban J connectivity index is 1.81. The summed E-state index contributed by atoms with van der Waals surface area (Å²) >= 11 is 0. The van der Waals surface area contributed by atoms with E-state index in [1.165, 1.54) is 12.1 Å². The Bertz CT molecular complexity index is 1240. The third-order valence-corrected chi connectivity index (χ3v) is 6.34. The van der Waals surface area contributed by atoms with E-state index in [-0.39, 0.29) is 22.9 Å². The molecule has 0 bridgehead atoms. The highest BCUT2D eigenvalue weighted by Gasteiger charge is 2.19. The molecule has 3 rings (SSSR count). The number of nitrogens with one attached hydrogen (secondary N) is 2. The van der Waals surface area contributed by atoms with Crippen LogP contribution >= 0.6 is 0 Å². The minimum atomic E-state index is -3.86. The van der Waals surface area contributed by atoms with Crippen molar-refractivity contribution in [1.82, 2.24) is 5.32 Å². The van der Waals surface area contributed by atoms with Crippen molar-refractivity contribution in [1.29, 1.82) is 0 Å². The standard InChI is InChI=1S/C24H26N2O5S/c1-16-6-5-7-19(12-16)26-32(28,29)21-10-8-17(2)22(14-21)24(27)25-15-18-13-20(30-3)9-11-23(18)31-4/h5-14,26H,15H2,1-4H3,(H,25,27). The maximum Gasteiger partial charge on any atom is 0.261 e. The number of sulfonamides is 1. The van der Waals surface area contributed by atoms with Crippen LogP contribution in [0.4, 0.5) is 5.69 Å². The fourth-order valence-electron chi connectivity index (χ4n) is 3.23. The molecule has 0 atom stereocenters. The van der Waals surface area contributed by atoms with Crippen LogP contribution in [0, 0.1) is 13.8 Å². The van der Waals surface area contributed by atoms with Gasteiger partial charge in [-0.05, 0) is 67.4 Å². The highest BCUT2D eigenvalue weighted by molar-refractivity contribution is 7.92. The molecule has 2 N–H and O–H groups in total. The highest BCUT2D eigenvalue weighted by atomic mass is 32.2. The van der Waals surface area contributed by atoms with Gasteiger partial charge in [0.15, 0.2) is 0 Å². The molecule has 3 aromatic carbocycles. The monoisotopic (exact) mass is 454 g/mol. The number of hydrogen-bond donors (Lipinski definition) is 2. The predicted molar refractivity (Wildman–Crippen MR) is 124 cm³/mol. The molecule has 0 aliphatic carbocycles. The van der Waals surface area contributed by atoms with Crippen LogP contribution in [0.3, 0.4) is 0 Å². The first-order valence-electron chi connectivity index (χ1n) is 9.92. The zero-order valence-electron chi connectivity index (χ0n) is 18.4. The normalized spacial score (nSPS) is 11.0. The van der Waals surface area contributed by atoms with Crippen LogP contribution in [-0.2, 0) is 16.6 Å². The largest absolute Gasteiger partial charge is 0.497 e. The number of benzene rings is 3. The van der Waals surface area contributed by atoms with Crippen LogP contribution in [-0.4, -0.2) is 28.5 Å². The number of rotatable bonds is 8. The summed E-state index contributed by atoms with van der Waals surface area (Å²) in [5, 5.41) is 2.83. The molecule has 168 valence electrons. The molecule has 0 aliphatic rings. The topological polar surface area (TPSA) is 93.7 Å². The molecule has 8 heteroatoms. The van der Waals surface area contributed by atoms with Gasteiger partial charge in [0.1, 0.15) is 11.5 Å². The van der Waals surface area contributed by atoms with Gasteiger partial charge in [-0.25, -0.2) is 8.42 Å². The van der Waals surface area contributed by atoms with E-state index < -0.39 is 10.0 Å². The lowest BCUT2D eigenvalue weighted by atomic mass is 10.1. The van der Waals surface area contributed by atoms with Crippen LogP contribution in [0.1, 0.15) is 27.0 Å². The summed E-state index contributed by atoms with van der Waals surface area (Å²) in [6.45, 7) is 3.83. The average Bonchev–Trinajstić information content (AvgIpc) is 2.77. The van der Waals surface area contributed by atoms with Gasteiger partial charge in [-0.15, -0.1) is 0 Å². The van der Waals surface area contributed by atoms with Crippen molar-refractivity contribution < 1.29 is 22.7 Å². The first-order valence-corrected chi connectivity index (χ1v) is 11.4. The number of carbonyl (C=O) groups excluding carboxylic acids is 1.